The lowest BCUT2D eigenvalue weighted by Gasteiger charge is -2.15. The number of nitrogens with zero attached hydrogens (tertiary/aromatic N) is 2. The summed E-state index contributed by atoms with van der Waals surface area (Å²) in [5, 5.41) is 18.7. The number of nitriles is 2. The van der Waals surface area contributed by atoms with Gasteiger partial charge in [-0.25, -0.2) is 0 Å². The number of nitrogens with one attached hydrogen (secondary N) is 1. The van der Waals surface area contributed by atoms with Crippen LogP contribution in [0.15, 0.2) is 16.9 Å². The normalized spacial score (nSPS) is 9.96. The zero-order chi connectivity index (χ0) is 17.1. The standard InChI is InChI=1S/C17H16N4O2/c1-4-23-15-9(2)5-11(6-10(15)3)14-12(7-18)16(20)21-17(22)13(14)8-19/h5-6H,4H2,1-3H3,(H3,20,21,22). The third kappa shape index (κ3) is 2.75. The van der Waals surface area contributed by atoms with Gasteiger partial charge in [-0.3, -0.25) is 4.79 Å². The van der Waals surface area contributed by atoms with Crippen molar-refractivity contribution in [1.29, 1.82) is 10.5 Å². The van der Waals surface area contributed by atoms with Crippen LogP contribution in [0.25, 0.3) is 11.1 Å². The van der Waals surface area contributed by atoms with Crippen molar-refractivity contribution < 1.29 is 4.74 Å². The number of pyridine rings is 1. The third-order valence-corrected chi connectivity index (χ3v) is 3.51. The van der Waals surface area contributed by atoms with Crippen LogP contribution in [0.1, 0.15) is 29.2 Å². The van der Waals surface area contributed by atoms with Gasteiger partial charge >= 0.3 is 0 Å². The molecule has 0 amide bonds. The lowest BCUT2D eigenvalue weighted by molar-refractivity contribution is 0.335. The molecule has 0 spiro atoms. The average Bonchev–Trinajstić information content (AvgIpc) is 2.50. The fourth-order valence-electron chi connectivity index (χ4n) is 2.60. The molecule has 2 rings (SSSR count). The van der Waals surface area contributed by atoms with Crippen LogP contribution in [0.3, 0.4) is 0 Å². The van der Waals surface area contributed by atoms with E-state index in [2.05, 4.69) is 4.98 Å². The van der Waals surface area contributed by atoms with Gasteiger partial charge in [-0.05, 0) is 49.6 Å². The summed E-state index contributed by atoms with van der Waals surface area (Å²) in [5.74, 6) is 0.710. The number of ether oxygens (including phenoxy) is 1. The van der Waals surface area contributed by atoms with Crippen molar-refractivity contribution in [2.75, 3.05) is 12.3 Å². The molecule has 0 aliphatic carbocycles. The molecule has 0 bridgehead atoms. The Labute approximate surface area is 133 Å². The molecule has 3 N–H and O–H groups in total. The second-order valence-corrected chi connectivity index (χ2v) is 5.09. The van der Waals surface area contributed by atoms with Crippen LogP contribution < -0.4 is 16.0 Å². The molecule has 0 fully saturated rings. The van der Waals surface area contributed by atoms with Crippen LogP contribution in [0, 0.1) is 36.5 Å². The Morgan fingerprint density at radius 2 is 1.74 bits per heavy atom. The maximum atomic E-state index is 12.0. The Morgan fingerprint density at radius 3 is 2.22 bits per heavy atom. The monoisotopic (exact) mass is 308 g/mol. The fraction of sp³-hybridized carbons (Fsp3) is 0.235. The first-order chi connectivity index (χ1) is 10.9. The minimum Gasteiger partial charge on any atom is -0.493 e. The van der Waals surface area contributed by atoms with Gasteiger partial charge in [0.1, 0.15) is 34.8 Å². The Kier molecular flexibility index (Phi) is 4.38. The minimum absolute atomic E-state index is 0.0457. The van der Waals surface area contributed by atoms with E-state index in [4.69, 9.17) is 10.5 Å². The van der Waals surface area contributed by atoms with E-state index < -0.39 is 5.56 Å². The van der Waals surface area contributed by atoms with E-state index in [1.165, 1.54) is 0 Å². The predicted octanol–water partition coefficient (Wildman–Crippen LogP) is 2.38. The van der Waals surface area contributed by atoms with Gasteiger partial charge in [0.15, 0.2) is 0 Å². The topological polar surface area (TPSA) is 116 Å². The minimum atomic E-state index is -0.608. The lowest BCUT2D eigenvalue weighted by Crippen LogP contribution is -2.16. The molecule has 2 aromatic rings. The summed E-state index contributed by atoms with van der Waals surface area (Å²) in [4.78, 5) is 14.3. The highest BCUT2D eigenvalue weighted by atomic mass is 16.5. The number of hydrogen-bond acceptors (Lipinski definition) is 5. The number of anilines is 1. The van der Waals surface area contributed by atoms with Crippen LogP contribution >= 0.6 is 0 Å². The van der Waals surface area contributed by atoms with E-state index in [9.17, 15) is 15.3 Å². The molecule has 0 atom stereocenters. The second kappa shape index (κ2) is 6.25. The quantitative estimate of drug-likeness (QED) is 0.903. The van der Waals surface area contributed by atoms with Crippen LogP contribution in [0.2, 0.25) is 0 Å². The van der Waals surface area contributed by atoms with E-state index in [0.717, 1.165) is 16.9 Å². The van der Waals surface area contributed by atoms with Gasteiger partial charge in [-0.2, -0.15) is 10.5 Å². The van der Waals surface area contributed by atoms with E-state index in [-0.39, 0.29) is 22.5 Å². The number of rotatable bonds is 3. The van der Waals surface area contributed by atoms with Crippen molar-refractivity contribution in [3.63, 3.8) is 0 Å². The molecule has 116 valence electrons. The first-order valence-electron chi connectivity index (χ1n) is 7.04. The van der Waals surface area contributed by atoms with E-state index in [1.807, 2.05) is 32.9 Å². The van der Waals surface area contributed by atoms with Crippen LogP contribution in [0.4, 0.5) is 5.82 Å². The number of nitrogens with two attached hydrogens (primary N) is 1. The Balaban J connectivity index is 2.86. The average molecular weight is 308 g/mol. The van der Waals surface area contributed by atoms with Crippen molar-refractivity contribution in [2.45, 2.75) is 20.8 Å². The summed E-state index contributed by atoms with van der Waals surface area (Å²) in [5.41, 5.74) is 7.65. The maximum absolute atomic E-state index is 12.0. The number of aromatic nitrogens is 1. The van der Waals surface area contributed by atoms with Gasteiger partial charge < -0.3 is 15.5 Å². The number of aryl methyl sites for hydroxylation is 2. The van der Waals surface area contributed by atoms with Crippen molar-refractivity contribution >= 4 is 5.82 Å². The van der Waals surface area contributed by atoms with Gasteiger partial charge in [-0.1, -0.05) is 0 Å². The van der Waals surface area contributed by atoms with Gasteiger partial charge in [-0.15, -0.1) is 0 Å². The molecule has 0 aliphatic rings. The zero-order valence-electron chi connectivity index (χ0n) is 13.2. The molecular weight excluding hydrogens is 292 g/mol. The molecule has 0 aliphatic heterocycles. The SMILES string of the molecule is CCOc1c(C)cc(-c2c(C#N)c(N)[nH]c(=O)c2C#N)cc1C. The smallest absolute Gasteiger partial charge is 0.268 e. The van der Waals surface area contributed by atoms with Crippen molar-refractivity contribution in [1.82, 2.24) is 4.98 Å². The summed E-state index contributed by atoms with van der Waals surface area (Å²) in [7, 11) is 0. The van der Waals surface area contributed by atoms with E-state index in [1.54, 1.807) is 12.1 Å². The predicted molar refractivity (Wildman–Crippen MR) is 87.0 cm³/mol. The fourth-order valence-corrected chi connectivity index (χ4v) is 2.60. The summed E-state index contributed by atoms with van der Waals surface area (Å²) in [6, 6.07) is 7.40. The van der Waals surface area contributed by atoms with Gasteiger partial charge in [0.05, 0.1) is 6.61 Å². The molecule has 1 heterocycles. The highest BCUT2D eigenvalue weighted by Crippen LogP contribution is 2.33. The van der Waals surface area contributed by atoms with Gasteiger partial charge in [0.25, 0.3) is 5.56 Å². The third-order valence-electron chi connectivity index (χ3n) is 3.51. The maximum Gasteiger partial charge on any atom is 0.268 e. The van der Waals surface area contributed by atoms with Crippen LogP contribution in [0.5, 0.6) is 5.75 Å². The van der Waals surface area contributed by atoms with Crippen LogP contribution in [-0.2, 0) is 0 Å². The molecule has 1 aromatic carbocycles. The molecule has 1 aromatic heterocycles. The van der Waals surface area contributed by atoms with E-state index >= 15 is 0 Å². The van der Waals surface area contributed by atoms with Crippen molar-refractivity contribution in [2.24, 2.45) is 0 Å². The first kappa shape index (κ1) is 16.1. The largest absolute Gasteiger partial charge is 0.493 e. The van der Waals surface area contributed by atoms with Crippen molar-refractivity contribution in [3.8, 4) is 29.0 Å². The highest BCUT2D eigenvalue weighted by Gasteiger charge is 2.19. The van der Waals surface area contributed by atoms with E-state index in [0.29, 0.717) is 12.2 Å². The molecule has 0 saturated heterocycles. The molecule has 23 heavy (non-hydrogen) atoms. The number of nitrogen functional groups attached to an aromatic ring is 1. The second-order valence-electron chi connectivity index (χ2n) is 5.09. The summed E-state index contributed by atoms with van der Waals surface area (Å²) < 4.78 is 5.60. The van der Waals surface area contributed by atoms with Crippen LogP contribution in [-0.4, -0.2) is 11.6 Å². The summed E-state index contributed by atoms with van der Waals surface area (Å²) in [6.45, 7) is 6.17. The molecular formula is C17H16N4O2. The number of hydrogen-bond donors (Lipinski definition) is 2. The van der Waals surface area contributed by atoms with Crippen molar-refractivity contribution in [3.05, 3.63) is 44.7 Å². The number of aromatic amines is 1. The summed E-state index contributed by atoms with van der Waals surface area (Å²) in [6.07, 6.45) is 0. The van der Waals surface area contributed by atoms with Gasteiger partial charge in [0.2, 0.25) is 0 Å². The number of H-pyrrole nitrogens is 1. The van der Waals surface area contributed by atoms with Gasteiger partial charge in [0, 0.05) is 5.56 Å². The Bertz CT molecular complexity index is 891. The molecule has 6 nitrogen and oxygen atoms in total. The highest BCUT2D eigenvalue weighted by molar-refractivity contribution is 5.81. The first-order valence-corrected chi connectivity index (χ1v) is 7.04. The molecule has 0 radical (unpaired) electrons. The Morgan fingerprint density at radius 1 is 1.17 bits per heavy atom. The lowest BCUT2D eigenvalue weighted by atomic mass is 9.93. The molecule has 6 heteroatoms. The zero-order valence-corrected chi connectivity index (χ0v) is 13.2. The Hall–Kier alpha value is -3.25. The molecule has 0 saturated carbocycles. The molecule has 0 unspecified atom stereocenters. The number of benzene rings is 1. The summed E-state index contributed by atoms with van der Waals surface area (Å²) >= 11 is 0.